The van der Waals surface area contributed by atoms with Crippen molar-refractivity contribution in [1.82, 2.24) is 0 Å². The molecule has 0 aromatic heterocycles. The zero-order valence-corrected chi connectivity index (χ0v) is 17.8. The number of carbonyl (C=O) groups excluding carboxylic acids is 1. The Balaban J connectivity index is 1.61. The number of aryl methyl sites for hydroxylation is 2. The van der Waals surface area contributed by atoms with E-state index in [0.29, 0.717) is 11.4 Å². The molecule has 5 nitrogen and oxygen atoms in total. The summed E-state index contributed by atoms with van der Waals surface area (Å²) in [6, 6.07) is 21.2. The number of amides is 1. The molecule has 3 rings (SSSR count). The lowest BCUT2D eigenvalue weighted by molar-refractivity contribution is -0.113. The molecule has 2 N–H and O–H groups in total. The van der Waals surface area contributed by atoms with E-state index in [0.717, 1.165) is 16.0 Å². The van der Waals surface area contributed by atoms with E-state index < -0.39 is 10.0 Å². The number of carbonyl (C=O) groups is 1. The Kier molecular flexibility index (Phi) is 6.61. The normalized spacial score (nSPS) is 11.1. The number of nitrogens with one attached hydrogen (secondary N) is 2. The van der Waals surface area contributed by atoms with Crippen molar-refractivity contribution < 1.29 is 13.2 Å². The maximum atomic E-state index is 12.6. The maximum Gasteiger partial charge on any atom is 0.261 e. The van der Waals surface area contributed by atoms with Crippen LogP contribution >= 0.6 is 11.8 Å². The maximum absolute atomic E-state index is 12.6. The van der Waals surface area contributed by atoms with Crippen LogP contribution in [-0.2, 0) is 14.8 Å². The first-order chi connectivity index (χ1) is 13.8. The van der Waals surface area contributed by atoms with Crippen molar-refractivity contribution in [2.45, 2.75) is 23.6 Å². The van der Waals surface area contributed by atoms with Crippen molar-refractivity contribution >= 4 is 39.1 Å². The minimum absolute atomic E-state index is 0.132. The van der Waals surface area contributed by atoms with E-state index in [4.69, 9.17) is 0 Å². The highest BCUT2D eigenvalue weighted by molar-refractivity contribution is 8.00. The molecule has 0 radical (unpaired) electrons. The third-order valence-corrected chi connectivity index (χ3v) is 6.73. The second kappa shape index (κ2) is 9.15. The third kappa shape index (κ3) is 5.85. The molecule has 0 atom stereocenters. The fraction of sp³-hybridized carbons (Fsp3) is 0.136. The Hall–Kier alpha value is -2.77. The van der Waals surface area contributed by atoms with Gasteiger partial charge in [-0.2, -0.15) is 0 Å². The number of rotatable bonds is 7. The van der Waals surface area contributed by atoms with Crippen molar-refractivity contribution in [3.05, 3.63) is 83.9 Å². The SMILES string of the molecule is Cc1ccc(NS(=O)(=O)c2ccc(NC(=O)CSc3ccccc3)cc2)cc1C. The monoisotopic (exact) mass is 426 g/mol. The van der Waals surface area contributed by atoms with E-state index in [1.807, 2.05) is 50.2 Å². The van der Waals surface area contributed by atoms with Gasteiger partial charge in [-0.05, 0) is 73.5 Å². The largest absolute Gasteiger partial charge is 0.325 e. The molecule has 3 aromatic rings. The summed E-state index contributed by atoms with van der Waals surface area (Å²) in [5, 5.41) is 2.78. The van der Waals surface area contributed by atoms with Crippen LogP contribution in [-0.4, -0.2) is 20.1 Å². The van der Waals surface area contributed by atoms with Crippen LogP contribution in [0.2, 0.25) is 0 Å². The molecule has 0 spiro atoms. The smallest absolute Gasteiger partial charge is 0.261 e. The van der Waals surface area contributed by atoms with Crippen molar-refractivity contribution in [3.63, 3.8) is 0 Å². The minimum atomic E-state index is -3.70. The standard InChI is InChI=1S/C22H22N2O3S2/c1-16-8-9-19(14-17(16)2)24-29(26,27)21-12-10-18(11-13-21)23-22(25)15-28-20-6-4-3-5-7-20/h3-14,24H,15H2,1-2H3,(H,23,25). The van der Waals surface area contributed by atoms with E-state index >= 15 is 0 Å². The van der Waals surface area contributed by atoms with Crippen LogP contribution in [0.5, 0.6) is 0 Å². The second-order valence-electron chi connectivity index (χ2n) is 6.58. The quantitative estimate of drug-likeness (QED) is 0.531. The molecule has 0 saturated carbocycles. The molecule has 0 aliphatic heterocycles. The Bertz CT molecular complexity index is 1100. The third-order valence-electron chi connectivity index (χ3n) is 4.32. The average Bonchev–Trinajstić information content (AvgIpc) is 2.70. The number of sulfonamides is 1. The predicted molar refractivity (Wildman–Crippen MR) is 119 cm³/mol. The van der Waals surface area contributed by atoms with Crippen LogP contribution in [0.15, 0.2) is 82.6 Å². The first-order valence-electron chi connectivity index (χ1n) is 9.01. The van der Waals surface area contributed by atoms with Gasteiger partial charge in [0.05, 0.1) is 10.6 Å². The van der Waals surface area contributed by atoms with E-state index in [1.54, 1.807) is 24.3 Å². The van der Waals surface area contributed by atoms with Crippen LogP contribution in [0.1, 0.15) is 11.1 Å². The molecule has 0 fully saturated rings. The number of hydrogen-bond donors (Lipinski definition) is 2. The molecule has 0 saturated heterocycles. The van der Waals surface area contributed by atoms with E-state index in [-0.39, 0.29) is 16.6 Å². The highest BCUT2D eigenvalue weighted by Crippen LogP contribution is 2.21. The lowest BCUT2D eigenvalue weighted by Crippen LogP contribution is -2.15. The lowest BCUT2D eigenvalue weighted by atomic mass is 10.1. The van der Waals surface area contributed by atoms with E-state index in [2.05, 4.69) is 10.0 Å². The van der Waals surface area contributed by atoms with Gasteiger partial charge in [-0.25, -0.2) is 8.42 Å². The van der Waals surface area contributed by atoms with Crippen LogP contribution in [0.4, 0.5) is 11.4 Å². The van der Waals surface area contributed by atoms with Gasteiger partial charge in [-0.1, -0.05) is 24.3 Å². The van der Waals surface area contributed by atoms with Crippen LogP contribution in [0, 0.1) is 13.8 Å². The molecule has 0 aliphatic rings. The van der Waals surface area contributed by atoms with Crippen molar-refractivity contribution in [3.8, 4) is 0 Å². The summed E-state index contributed by atoms with van der Waals surface area (Å²) in [4.78, 5) is 13.3. The zero-order valence-electron chi connectivity index (χ0n) is 16.2. The van der Waals surface area contributed by atoms with Gasteiger partial charge in [0, 0.05) is 16.3 Å². The number of anilines is 2. The van der Waals surface area contributed by atoms with Crippen molar-refractivity contribution in [2.24, 2.45) is 0 Å². The van der Waals surface area contributed by atoms with E-state index in [1.165, 1.54) is 23.9 Å². The molecule has 29 heavy (non-hydrogen) atoms. The van der Waals surface area contributed by atoms with Gasteiger partial charge in [-0.15, -0.1) is 11.8 Å². The molecule has 7 heteroatoms. The Morgan fingerprint density at radius 3 is 2.17 bits per heavy atom. The number of thioether (sulfide) groups is 1. The average molecular weight is 427 g/mol. The molecular weight excluding hydrogens is 404 g/mol. The highest BCUT2D eigenvalue weighted by atomic mass is 32.2. The highest BCUT2D eigenvalue weighted by Gasteiger charge is 2.15. The number of hydrogen-bond acceptors (Lipinski definition) is 4. The second-order valence-corrected chi connectivity index (χ2v) is 9.31. The van der Waals surface area contributed by atoms with Crippen LogP contribution in [0.25, 0.3) is 0 Å². The van der Waals surface area contributed by atoms with E-state index in [9.17, 15) is 13.2 Å². The van der Waals surface area contributed by atoms with Gasteiger partial charge in [0.15, 0.2) is 0 Å². The van der Waals surface area contributed by atoms with Gasteiger partial charge in [0.25, 0.3) is 10.0 Å². The zero-order chi connectivity index (χ0) is 20.9. The Morgan fingerprint density at radius 1 is 0.862 bits per heavy atom. The molecular formula is C22H22N2O3S2. The summed E-state index contributed by atoms with van der Waals surface area (Å²) in [5.41, 5.74) is 3.17. The Labute approximate surface area is 175 Å². The summed E-state index contributed by atoms with van der Waals surface area (Å²) in [6.07, 6.45) is 0. The fourth-order valence-corrected chi connectivity index (χ4v) is 4.37. The molecule has 0 heterocycles. The van der Waals surface area contributed by atoms with Crippen LogP contribution < -0.4 is 10.0 Å². The van der Waals surface area contributed by atoms with Gasteiger partial charge < -0.3 is 5.32 Å². The van der Waals surface area contributed by atoms with Crippen LogP contribution in [0.3, 0.4) is 0 Å². The number of benzene rings is 3. The lowest BCUT2D eigenvalue weighted by Gasteiger charge is -2.11. The van der Waals surface area contributed by atoms with Gasteiger partial charge in [-0.3, -0.25) is 9.52 Å². The summed E-state index contributed by atoms with van der Waals surface area (Å²) < 4.78 is 27.8. The minimum Gasteiger partial charge on any atom is -0.325 e. The van der Waals surface area contributed by atoms with Crippen molar-refractivity contribution in [2.75, 3.05) is 15.8 Å². The van der Waals surface area contributed by atoms with Gasteiger partial charge in [0.2, 0.25) is 5.91 Å². The summed E-state index contributed by atoms with van der Waals surface area (Å²) in [6.45, 7) is 3.90. The first kappa shape index (κ1) is 21.0. The van der Waals surface area contributed by atoms with Gasteiger partial charge >= 0.3 is 0 Å². The van der Waals surface area contributed by atoms with Crippen molar-refractivity contribution in [1.29, 1.82) is 0 Å². The topological polar surface area (TPSA) is 75.3 Å². The molecule has 3 aromatic carbocycles. The Morgan fingerprint density at radius 2 is 1.52 bits per heavy atom. The summed E-state index contributed by atoms with van der Waals surface area (Å²) in [7, 11) is -3.70. The molecule has 0 unspecified atom stereocenters. The molecule has 150 valence electrons. The molecule has 0 bridgehead atoms. The molecule has 0 aliphatic carbocycles. The predicted octanol–water partition coefficient (Wildman–Crippen LogP) is 4.84. The summed E-state index contributed by atoms with van der Waals surface area (Å²) in [5.74, 6) is 0.126. The fourth-order valence-electron chi connectivity index (χ4n) is 2.60. The molecule has 1 amide bonds. The van der Waals surface area contributed by atoms with Gasteiger partial charge in [0.1, 0.15) is 0 Å². The summed E-state index contributed by atoms with van der Waals surface area (Å²) >= 11 is 1.44. The first-order valence-corrected chi connectivity index (χ1v) is 11.5.